The molecule has 1 aliphatic carbocycles. The highest BCUT2D eigenvalue weighted by Crippen LogP contribution is 2.18. The second-order valence-corrected chi connectivity index (χ2v) is 5.81. The third kappa shape index (κ3) is 3.59. The minimum absolute atomic E-state index is 0.187. The van der Waals surface area contributed by atoms with Crippen LogP contribution in [0, 0.1) is 0 Å². The quantitative estimate of drug-likeness (QED) is 0.910. The summed E-state index contributed by atoms with van der Waals surface area (Å²) in [6.07, 6.45) is 4.36. The Hall–Kier alpha value is -2.63. The van der Waals surface area contributed by atoms with Crippen LogP contribution < -0.4 is 10.6 Å². The Bertz CT molecular complexity index is 703. The molecule has 1 heterocycles. The van der Waals surface area contributed by atoms with Crippen LogP contribution in [0.15, 0.2) is 36.4 Å². The fourth-order valence-corrected chi connectivity index (χ4v) is 2.80. The standard InChI is InChI=1S/C17H20N4O2/c1-21-15(19-16(22)12-7-3-2-4-8-12)11-14(20-21)17(23)18-13-9-5-6-10-13/h2-4,7-8,11,13H,5-6,9-10H2,1H3,(H,18,23)(H,19,22). The predicted octanol–water partition coefficient (Wildman–Crippen LogP) is 2.34. The lowest BCUT2D eigenvalue weighted by molar-refractivity contribution is 0.0931. The zero-order valence-corrected chi connectivity index (χ0v) is 13.1. The van der Waals surface area contributed by atoms with Crippen molar-refractivity contribution in [2.45, 2.75) is 31.7 Å². The molecular weight excluding hydrogens is 292 g/mol. The SMILES string of the molecule is Cn1nc(C(=O)NC2CCCC2)cc1NC(=O)c1ccccc1. The Morgan fingerprint density at radius 1 is 1.13 bits per heavy atom. The molecule has 3 rings (SSSR count). The highest BCUT2D eigenvalue weighted by Gasteiger charge is 2.20. The third-order valence-electron chi connectivity index (χ3n) is 4.08. The average molecular weight is 312 g/mol. The second kappa shape index (κ2) is 6.64. The van der Waals surface area contributed by atoms with Crippen LogP contribution >= 0.6 is 0 Å². The lowest BCUT2D eigenvalue weighted by Gasteiger charge is -2.09. The van der Waals surface area contributed by atoms with Crippen molar-refractivity contribution in [2.75, 3.05) is 5.32 Å². The number of hydrogen-bond acceptors (Lipinski definition) is 3. The largest absolute Gasteiger partial charge is 0.348 e. The van der Waals surface area contributed by atoms with Crippen molar-refractivity contribution < 1.29 is 9.59 Å². The molecule has 0 unspecified atom stereocenters. The molecule has 0 saturated heterocycles. The number of nitrogens with one attached hydrogen (secondary N) is 2. The Morgan fingerprint density at radius 3 is 2.52 bits per heavy atom. The summed E-state index contributed by atoms with van der Waals surface area (Å²) >= 11 is 0. The molecule has 1 aromatic heterocycles. The monoisotopic (exact) mass is 312 g/mol. The Balaban J connectivity index is 1.68. The van der Waals surface area contributed by atoms with Crippen LogP contribution in [0.2, 0.25) is 0 Å². The van der Waals surface area contributed by atoms with Gasteiger partial charge in [0.25, 0.3) is 11.8 Å². The minimum atomic E-state index is -0.226. The molecule has 0 radical (unpaired) electrons. The van der Waals surface area contributed by atoms with Crippen LogP contribution in [0.1, 0.15) is 46.5 Å². The molecule has 1 aliphatic rings. The number of carbonyl (C=O) groups is 2. The topological polar surface area (TPSA) is 76.0 Å². The summed E-state index contributed by atoms with van der Waals surface area (Å²) in [4.78, 5) is 24.4. The van der Waals surface area contributed by atoms with Gasteiger partial charge in [0.1, 0.15) is 5.82 Å². The summed E-state index contributed by atoms with van der Waals surface area (Å²) in [5.74, 6) is 0.0829. The molecule has 1 aromatic carbocycles. The maximum absolute atomic E-state index is 12.2. The predicted molar refractivity (Wildman–Crippen MR) is 87.3 cm³/mol. The number of nitrogens with zero attached hydrogens (tertiary/aromatic N) is 2. The molecular formula is C17H20N4O2. The molecule has 2 N–H and O–H groups in total. The van der Waals surface area contributed by atoms with E-state index in [1.54, 1.807) is 37.4 Å². The molecule has 6 heteroatoms. The number of anilines is 1. The van der Waals surface area contributed by atoms with Gasteiger partial charge >= 0.3 is 0 Å². The normalized spacial score (nSPS) is 14.7. The van der Waals surface area contributed by atoms with E-state index in [0.717, 1.165) is 25.7 Å². The number of hydrogen-bond donors (Lipinski definition) is 2. The van der Waals surface area contributed by atoms with E-state index in [1.165, 1.54) is 4.68 Å². The van der Waals surface area contributed by atoms with E-state index in [-0.39, 0.29) is 17.9 Å². The lowest BCUT2D eigenvalue weighted by Crippen LogP contribution is -2.32. The van der Waals surface area contributed by atoms with Gasteiger partial charge < -0.3 is 10.6 Å². The second-order valence-electron chi connectivity index (χ2n) is 5.81. The van der Waals surface area contributed by atoms with Gasteiger partial charge in [-0.15, -0.1) is 0 Å². The van der Waals surface area contributed by atoms with Gasteiger partial charge in [-0.2, -0.15) is 5.10 Å². The highest BCUT2D eigenvalue weighted by molar-refractivity contribution is 6.04. The van der Waals surface area contributed by atoms with Crippen molar-refractivity contribution in [3.8, 4) is 0 Å². The van der Waals surface area contributed by atoms with E-state index >= 15 is 0 Å². The Kier molecular flexibility index (Phi) is 4.41. The minimum Gasteiger partial charge on any atom is -0.348 e. The summed E-state index contributed by atoms with van der Waals surface area (Å²) in [6.45, 7) is 0. The molecule has 2 aromatic rings. The van der Waals surface area contributed by atoms with E-state index in [2.05, 4.69) is 15.7 Å². The number of benzene rings is 1. The highest BCUT2D eigenvalue weighted by atomic mass is 16.2. The molecule has 0 bridgehead atoms. The van der Waals surface area contributed by atoms with Crippen molar-refractivity contribution in [1.82, 2.24) is 15.1 Å². The lowest BCUT2D eigenvalue weighted by atomic mass is 10.2. The van der Waals surface area contributed by atoms with Gasteiger partial charge in [-0.05, 0) is 25.0 Å². The first kappa shape index (κ1) is 15.3. The van der Waals surface area contributed by atoms with Gasteiger partial charge in [0, 0.05) is 24.7 Å². The van der Waals surface area contributed by atoms with E-state index in [1.807, 2.05) is 6.07 Å². The molecule has 1 fully saturated rings. The molecule has 6 nitrogen and oxygen atoms in total. The number of aryl methyl sites for hydroxylation is 1. The van der Waals surface area contributed by atoms with Gasteiger partial charge in [0.2, 0.25) is 0 Å². The molecule has 0 aliphatic heterocycles. The zero-order chi connectivity index (χ0) is 16.2. The van der Waals surface area contributed by atoms with Crippen molar-refractivity contribution in [2.24, 2.45) is 7.05 Å². The zero-order valence-electron chi connectivity index (χ0n) is 13.1. The molecule has 0 spiro atoms. The summed E-state index contributed by atoms with van der Waals surface area (Å²) < 4.78 is 1.50. The van der Waals surface area contributed by atoms with Crippen molar-refractivity contribution in [1.29, 1.82) is 0 Å². The van der Waals surface area contributed by atoms with Crippen molar-refractivity contribution >= 4 is 17.6 Å². The first-order valence-electron chi connectivity index (χ1n) is 7.85. The van der Waals surface area contributed by atoms with E-state index < -0.39 is 0 Å². The van der Waals surface area contributed by atoms with Crippen LogP contribution in [-0.4, -0.2) is 27.6 Å². The van der Waals surface area contributed by atoms with Crippen molar-refractivity contribution in [3.63, 3.8) is 0 Å². The van der Waals surface area contributed by atoms with Crippen LogP contribution in [0.3, 0.4) is 0 Å². The van der Waals surface area contributed by atoms with Gasteiger partial charge in [0.05, 0.1) is 0 Å². The number of rotatable bonds is 4. The summed E-state index contributed by atoms with van der Waals surface area (Å²) in [5.41, 5.74) is 0.883. The Morgan fingerprint density at radius 2 is 1.83 bits per heavy atom. The first-order valence-corrected chi connectivity index (χ1v) is 7.85. The smallest absolute Gasteiger partial charge is 0.272 e. The van der Waals surface area contributed by atoms with Gasteiger partial charge in [-0.25, -0.2) is 0 Å². The summed E-state index contributed by atoms with van der Waals surface area (Å²) in [7, 11) is 1.70. The van der Waals surface area contributed by atoms with Crippen LogP contribution in [0.4, 0.5) is 5.82 Å². The summed E-state index contributed by atoms with van der Waals surface area (Å²) in [5, 5.41) is 9.96. The fourth-order valence-electron chi connectivity index (χ4n) is 2.80. The van der Waals surface area contributed by atoms with Gasteiger partial charge in [0.15, 0.2) is 5.69 Å². The van der Waals surface area contributed by atoms with Gasteiger partial charge in [-0.1, -0.05) is 31.0 Å². The molecule has 2 amide bonds. The number of amides is 2. The maximum atomic E-state index is 12.2. The summed E-state index contributed by atoms with van der Waals surface area (Å²) in [6, 6.07) is 10.8. The number of carbonyl (C=O) groups excluding carboxylic acids is 2. The van der Waals surface area contributed by atoms with Crippen LogP contribution in [-0.2, 0) is 7.05 Å². The average Bonchev–Trinajstić information content (AvgIpc) is 3.18. The first-order chi connectivity index (χ1) is 11.1. The molecule has 120 valence electrons. The number of aromatic nitrogens is 2. The van der Waals surface area contributed by atoms with Crippen molar-refractivity contribution in [3.05, 3.63) is 47.7 Å². The molecule has 0 atom stereocenters. The van der Waals surface area contributed by atoms with E-state index in [4.69, 9.17) is 0 Å². The van der Waals surface area contributed by atoms with E-state index in [0.29, 0.717) is 17.1 Å². The molecule has 23 heavy (non-hydrogen) atoms. The van der Waals surface area contributed by atoms with Crippen LogP contribution in [0.25, 0.3) is 0 Å². The molecule has 1 saturated carbocycles. The van der Waals surface area contributed by atoms with Gasteiger partial charge in [-0.3, -0.25) is 14.3 Å². The van der Waals surface area contributed by atoms with E-state index in [9.17, 15) is 9.59 Å². The maximum Gasteiger partial charge on any atom is 0.272 e. The fraction of sp³-hybridized carbons (Fsp3) is 0.353. The van der Waals surface area contributed by atoms with Crippen LogP contribution in [0.5, 0.6) is 0 Å². The third-order valence-corrected chi connectivity index (χ3v) is 4.08. The Labute approximate surface area is 134 Å².